The minimum Gasteiger partial charge on any atom is -0.493 e. The summed E-state index contributed by atoms with van der Waals surface area (Å²) in [6.45, 7) is 7.49. The minimum absolute atomic E-state index is 0.311. The molecule has 4 heteroatoms. The lowest BCUT2D eigenvalue weighted by Crippen LogP contribution is -2.30. The fourth-order valence-electron chi connectivity index (χ4n) is 1.30. The zero-order valence-corrected chi connectivity index (χ0v) is 10.5. The Balaban J connectivity index is 2.36. The van der Waals surface area contributed by atoms with Gasteiger partial charge < -0.3 is 10.1 Å². The van der Waals surface area contributed by atoms with Crippen molar-refractivity contribution >= 4 is 0 Å². The summed E-state index contributed by atoms with van der Waals surface area (Å²) >= 11 is 0. The van der Waals surface area contributed by atoms with Gasteiger partial charge in [-0.15, -0.1) is 0 Å². The molecule has 0 bridgehead atoms. The van der Waals surface area contributed by atoms with Crippen LogP contribution in [0.15, 0.2) is 18.2 Å². The molecular weight excluding hydrogens is 224 g/mol. The molecule has 0 spiro atoms. The zero-order valence-electron chi connectivity index (χ0n) is 10.5. The molecule has 96 valence electrons. The third kappa shape index (κ3) is 5.13. The van der Waals surface area contributed by atoms with Crippen molar-refractivity contribution in [1.29, 1.82) is 0 Å². The molecule has 0 aliphatic rings. The first-order valence-electron chi connectivity index (χ1n) is 5.80. The van der Waals surface area contributed by atoms with Crippen LogP contribution in [0.3, 0.4) is 0 Å². The van der Waals surface area contributed by atoms with Crippen molar-refractivity contribution in [2.45, 2.75) is 26.8 Å². The molecule has 1 unspecified atom stereocenters. The molecule has 0 amide bonds. The summed E-state index contributed by atoms with van der Waals surface area (Å²) < 4.78 is 30.9. The third-order valence-electron chi connectivity index (χ3n) is 2.30. The monoisotopic (exact) mass is 243 g/mol. The lowest BCUT2D eigenvalue weighted by Gasteiger charge is -2.15. The number of halogens is 2. The second kappa shape index (κ2) is 6.55. The van der Waals surface area contributed by atoms with Crippen LogP contribution in [0.5, 0.6) is 5.75 Å². The summed E-state index contributed by atoms with van der Waals surface area (Å²) in [6.07, 6.45) is 0. The van der Waals surface area contributed by atoms with Gasteiger partial charge in [0.2, 0.25) is 0 Å². The predicted molar refractivity (Wildman–Crippen MR) is 64.2 cm³/mol. The summed E-state index contributed by atoms with van der Waals surface area (Å²) in [7, 11) is 0. The molecular formula is C13H19F2NO. The number of ether oxygens (including phenoxy) is 1. The van der Waals surface area contributed by atoms with Gasteiger partial charge in [0.05, 0.1) is 6.61 Å². The highest BCUT2D eigenvalue weighted by Gasteiger charge is 2.06. The third-order valence-corrected chi connectivity index (χ3v) is 2.30. The largest absolute Gasteiger partial charge is 0.493 e. The predicted octanol–water partition coefficient (Wildman–Crippen LogP) is 2.98. The summed E-state index contributed by atoms with van der Waals surface area (Å²) in [5.74, 6) is -1.06. The van der Waals surface area contributed by atoms with Crippen molar-refractivity contribution in [3.05, 3.63) is 29.8 Å². The first kappa shape index (κ1) is 13.9. The van der Waals surface area contributed by atoms with Crippen molar-refractivity contribution in [3.63, 3.8) is 0 Å². The van der Waals surface area contributed by atoms with Gasteiger partial charge in [-0.05, 0) is 12.1 Å². The molecule has 1 rings (SSSR count). The molecule has 0 heterocycles. The second-order valence-electron chi connectivity index (χ2n) is 4.56. The molecule has 0 saturated heterocycles. The highest BCUT2D eigenvalue weighted by Crippen LogP contribution is 2.16. The standard InChI is InChI=1S/C13H19F2NO/c1-9(2)16-7-10(3)8-17-11-4-5-12(14)13(15)6-11/h4-6,9-10,16H,7-8H2,1-3H3. The summed E-state index contributed by atoms with van der Waals surface area (Å²) in [6, 6.07) is 4.00. The fraction of sp³-hybridized carbons (Fsp3) is 0.538. The van der Waals surface area contributed by atoms with Gasteiger partial charge in [0.15, 0.2) is 11.6 Å². The minimum atomic E-state index is -0.879. The van der Waals surface area contributed by atoms with Crippen LogP contribution in [-0.2, 0) is 0 Å². The van der Waals surface area contributed by atoms with E-state index in [1.54, 1.807) is 0 Å². The molecule has 0 aliphatic heterocycles. The number of benzene rings is 1. The fourth-order valence-corrected chi connectivity index (χ4v) is 1.30. The van der Waals surface area contributed by atoms with E-state index in [0.29, 0.717) is 24.3 Å². The SMILES string of the molecule is CC(CNC(C)C)COc1ccc(F)c(F)c1. The molecule has 0 aliphatic carbocycles. The van der Waals surface area contributed by atoms with E-state index in [9.17, 15) is 8.78 Å². The Morgan fingerprint density at radius 2 is 1.88 bits per heavy atom. The van der Waals surface area contributed by atoms with Crippen LogP contribution in [0, 0.1) is 17.6 Å². The molecule has 2 nitrogen and oxygen atoms in total. The van der Waals surface area contributed by atoms with E-state index in [4.69, 9.17) is 4.74 Å². The number of nitrogens with one attached hydrogen (secondary N) is 1. The molecule has 1 N–H and O–H groups in total. The van der Waals surface area contributed by atoms with Gasteiger partial charge in [-0.1, -0.05) is 20.8 Å². The molecule has 1 aromatic carbocycles. The summed E-state index contributed by atoms with van der Waals surface area (Å²) in [5.41, 5.74) is 0. The summed E-state index contributed by atoms with van der Waals surface area (Å²) in [4.78, 5) is 0. The van der Waals surface area contributed by atoms with E-state index in [0.717, 1.165) is 18.7 Å². The Hall–Kier alpha value is -1.16. The number of rotatable bonds is 6. The van der Waals surface area contributed by atoms with Gasteiger partial charge >= 0.3 is 0 Å². The summed E-state index contributed by atoms with van der Waals surface area (Å²) in [5, 5.41) is 3.29. The number of hydrogen-bond acceptors (Lipinski definition) is 2. The lowest BCUT2D eigenvalue weighted by molar-refractivity contribution is 0.251. The second-order valence-corrected chi connectivity index (χ2v) is 4.56. The molecule has 1 aromatic rings. The molecule has 17 heavy (non-hydrogen) atoms. The van der Waals surface area contributed by atoms with Gasteiger partial charge in [-0.25, -0.2) is 8.78 Å². The van der Waals surface area contributed by atoms with Crippen molar-refractivity contribution < 1.29 is 13.5 Å². The van der Waals surface area contributed by atoms with E-state index in [1.807, 2.05) is 6.92 Å². The van der Waals surface area contributed by atoms with Gasteiger partial charge in [0, 0.05) is 24.6 Å². The van der Waals surface area contributed by atoms with Crippen molar-refractivity contribution in [3.8, 4) is 5.75 Å². The van der Waals surface area contributed by atoms with E-state index in [-0.39, 0.29) is 0 Å². The molecule has 0 radical (unpaired) electrons. The first-order chi connectivity index (χ1) is 7.99. The average Bonchev–Trinajstić information content (AvgIpc) is 2.28. The highest BCUT2D eigenvalue weighted by molar-refractivity contribution is 5.23. The smallest absolute Gasteiger partial charge is 0.162 e. The van der Waals surface area contributed by atoms with Gasteiger partial charge in [0.1, 0.15) is 5.75 Å². The van der Waals surface area contributed by atoms with Crippen molar-refractivity contribution in [2.75, 3.05) is 13.2 Å². The molecule has 0 saturated carbocycles. The highest BCUT2D eigenvalue weighted by atomic mass is 19.2. The van der Waals surface area contributed by atoms with E-state index in [1.165, 1.54) is 6.07 Å². The Morgan fingerprint density at radius 1 is 1.18 bits per heavy atom. The van der Waals surface area contributed by atoms with Gasteiger partial charge in [0.25, 0.3) is 0 Å². The molecule has 0 aromatic heterocycles. The normalized spacial score (nSPS) is 12.8. The van der Waals surface area contributed by atoms with Gasteiger partial charge in [-0.3, -0.25) is 0 Å². The Bertz CT molecular complexity index is 355. The van der Waals surface area contributed by atoms with Crippen molar-refractivity contribution in [1.82, 2.24) is 5.32 Å². The van der Waals surface area contributed by atoms with E-state index < -0.39 is 11.6 Å². The lowest BCUT2D eigenvalue weighted by atomic mass is 10.2. The maximum Gasteiger partial charge on any atom is 0.162 e. The van der Waals surface area contributed by atoms with Crippen LogP contribution < -0.4 is 10.1 Å². The maximum atomic E-state index is 12.9. The first-order valence-corrected chi connectivity index (χ1v) is 5.80. The topological polar surface area (TPSA) is 21.3 Å². The Kier molecular flexibility index (Phi) is 5.35. The van der Waals surface area contributed by atoms with Crippen LogP contribution in [0.2, 0.25) is 0 Å². The van der Waals surface area contributed by atoms with E-state index >= 15 is 0 Å². The maximum absolute atomic E-state index is 12.9. The van der Waals surface area contributed by atoms with Crippen LogP contribution in [-0.4, -0.2) is 19.2 Å². The van der Waals surface area contributed by atoms with E-state index in [2.05, 4.69) is 19.2 Å². The quantitative estimate of drug-likeness (QED) is 0.829. The van der Waals surface area contributed by atoms with Crippen LogP contribution in [0.1, 0.15) is 20.8 Å². The van der Waals surface area contributed by atoms with Gasteiger partial charge in [-0.2, -0.15) is 0 Å². The zero-order chi connectivity index (χ0) is 12.8. The van der Waals surface area contributed by atoms with Crippen LogP contribution in [0.25, 0.3) is 0 Å². The number of hydrogen-bond donors (Lipinski definition) is 1. The molecule has 0 fully saturated rings. The van der Waals surface area contributed by atoms with Crippen LogP contribution in [0.4, 0.5) is 8.78 Å². The van der Waals surface area contributed by atoms with Crippen LogP contribution >= 0.6 is 0 Å². The van der Waals surface area contributed by atoms with Crippen molar-refractivity contribution in [2.24, 2.45) is 5.92 Å². The Morgan fingerprint density at radius 3 is 2.47 bits per heavy atom. The average molecular weight is 243 g/mol. The Labute approximate surface area is 101 Å². The molecule has 1 atom stereocenters.